The Balaban J connectivity index is 3.39. The van der Waals surface area contributed by atoms with Crippen LogP contribution in [-0.2, 0) is 0 Å². The molecule has 1 aliphatic rings. The van der Waals surface area contributed by atoms with E-state index < -0.39 is 41.7 Å². The zero-order valence-corrected chi connectivity index (χ0v) is 13.0. The van der Waals surface area contributed by atoms with Gasteiger partial charge in [0.25, 0.3) is 0 Å². The van der Waals surface area contributed by atoms with Gasteiger partial charge in [-0.05, 0) is 37.5 Å². The van der Waals surface area contributed by atoms with Gasteiger partial charge in [0.1, 0.15) is 0 Å². The Morgan fingerprint density at radius 1 is 0.958 bits per heavy atom. The maximum Gasteiger partial charge on any atom is 0.437 e. The standard InChI is InChI=1S/C15H19F9/c1-3-5-6-10-8-7-9(4-2)11(10)12(16,17)13(18,14(19,20)21)15(22,23)24/h8-11H,2-7H2,1H3. The number of rotatable bonds is 6. The summed E-state index contributed by atoms with van der Waals surface area (Å²) < 4.78 is 119. The van der Waals surface area contributed by atoms with Gasteiger partial charge in [-0.1, -0.05) is 26.7 Å². The van der Waals surface area contributed by atoms with Crippen molar-refractivity contribution < 1.29 is 39.5 Å². The summed E-state index contributed by atoms with van der Waals surface area (Å²) in [6.45, 7) is 5.01. The van der Waals surface area contributed by atoms with Crippen LogP contribution in [0.15, 0.2) is 0 Å². The second kappa shape index (κ2) is 6.94. The van der Waals surface area contributed by atoms with E-state index in [9.17, 15) is 39.5 Å². The molecule has 1 rings (SSSR count). The van der Waals surface area contributed by atoms with Crippen molar-refractivity contribution in [3.8, 4) is 0 Å². The molecule has 0 bridgehead atoms. The summed E-state index contributed by atoms with van der Waals surface area (Å²) in [6.07, 6.45) is -11.8. The van der Waals surface area contributed by atoms with Crippen molar-refractivity contribution >= 4 is 0 Å². The summed E-state index contributed by atoms with van der Waals surface area (Å²) in [7, 11) is 0. The molecule has 3 unspecified atom stereocenters. The van der Waals surface area contributed by atoms with Crippen molar-refractivity contribution in [2.75, 3.05) is 0 Å². The van der Waals surface area contributed by atoms with Gasteiger partial charge in [0.2, 0.25) is 0 Å². The molecular weight excluding hydrogens is 351 g/mol. The van der Waals surface area contributed by atoms with Crippen LogP contribution in [0.4, 0.5) is 39.5 Å². The molecule has 0 spiro atoms. The van der Waals surface area contributed by atoms with E-state index in [4.69, 9.17) is 0 Å². The van der Waals surface area contributed by atoms with Crippen LogP contribution in [0.2, 0.25) is 0 Å². The second-order valence-corrected chi connectivity index (χ2v) is 6.13. The number of hydrogen-bond acceptors (Lipinski definition) is 0. The lowest BCUT2D eigenvalue weighted by molar-refractivity contribution is -0.408. The minimum atomic E-state index is -6.78. The summed E-state index contributed by atoms with van der Waals surface area (Å²) in [6, 6.07) is 0. The highest BCUT2D eigenvalue weighted by molar-refractivity contribution is 5.13. The molecule has 0 aliphatic heterocycles. The lowest BCUT2D eigenvalue weighted by Gasteiger charge is -2.42. The fourth-order valence-electron chi connectivity index (χ4n) is 3.36. The van der Waals surface area contributed by atoms with Crippen LogP contribution < -0.4 is 0 Å². The zero-order chi connectivity index (χ0) is 19.0. The van der Waals surface area contributed by atoms with E-state index >= 15 is 0 Å². The number of hydrogen-bond donors (Lipinski definition) is 0. The Bertz CT molecular complexity index is 396. The third-order valence-electron chi connectivity index (χ3n) is 4.63. The van der Waals surface area contributed by atoms with Crippen molar-refractivity contribution in [1.29, 1.82) is 0 Å². The largest absolute Gasteiger partial charge is 0.437 e. The molecule has 0 N–H and O–H groups in total. The zero-order valence-electron chi connectivity index (χ0n) is 13.0. The van der Waals surface area contributed by atoms with Crippen LogP contribution in [-0.4, -0.2) is 23.9 Å². The molecule has 1 aliphatic carbocycles. The fraction of sp³-hybridized carbons (Fsp3) is 0.867. The first kappa shape index (κ1) is 21.4. The van der Waals surface area contributed by atoms with Crippen molar-refractivity contribution in [1.82, 2.24) is 0 Å². The van der Waals surface area contributed by atoms with Crippen molar-refractivity contribution in [3.05, 3.63) is 13.3 Å². The molecule has 1 saturated carbocycles. The van der Waals surface area contributed by atoms with Crippen molar-refractivity contribution in [2.45, 2.75) is 63.0 Å². The van der Waals surface area contributed by atoms with E-state index in [-0.39, 0.29) is 19.3 Å². The van der Waals surface area contributed by atoms with Gasteiger partial charge in [0, 0.05) is 5.92 Å². The van der Waals surface area contributed by atoms with E-state index in [1.54, 1.807) is 6.92 Å². The van der Waals surface area contributed by atoms with E-state index in [2.05, 4.69) is 6.92 Å². The topological polar surface area (TPSA) is 0 Å². The first-order valence-corrected chi connectivity index (χ1v) is 7.58. The van der Waals surface area contributed by atoms with Crippen LogP contribution in [0.5, 0.6) is 0 Å². The quantitative estimate of drug-likeness (QED) is 0.480. The van der Waals surface area contributed by atoms with Crippen LogP contribution >= 0.6 is 0 Å². The van der Waals surface area contributed by atoms with Gasteiger partial charge in [0.05, 0.1) is 0 Å². The minimum absolute atomic E-state index is 0.0148. The molecule has 24 heavy (non-hydrogen) atoms. The highest BCUT2D eigenvalue weighted by Crippen LogP contribution is 2.61. The third kappa shape index (κ3) is 3.36. The van der Waals surface area contributed by atoms with Gasteiger partial charge in [-0.25, -0.2) is 13.2 Å². The smallest absolute Gasteiger partial charge is 0.217 e. The van der Waals surface area contributed by atoms with E-state index in [1.807, 2.05) is 0 Å². The summed E-state index contributed by atoms with van der Waals surface area (Å²) in [5.41, 5.74) is -6.59. The molecule has 3 atom stereocenters. The van der Waals surface area contributed by atoms with Crippen LogP contribution in [0.25, 0.3) is 0 Å². The van der Waals surface area contributed by atoms with Crippen LogP contribution in [0.3, 0.4) is 0 Å². The lowest BCUT2D eigenvalue weighted by atomic mass is 9.74. The number of halogens is 9. The Morgan fingerprint density at radius 2 is 1.46 bits per heavy atom. The molecule has 2 radical (unpaired) electrons. The predicted octanol–water partition coefficient (Wildman–Crippen LogP) is 6.33. The van der Waals surface area contributed by atoms with Gasteiger partial charge < -0.3 is 0 Å². The molecule has 0 aromatic carbocycles. The average molecular weight is 370 g/mol. The molecule has 0 amide bonds. The number of alkyl halides is 9. The summed E-state index contributed by atoms with van der Waals surface area (Å²) >= 11 is 0. The van der Waals surface area contributed by atoms with Gasteiger partial charge in [-0.2, -0.15) is 26.3 Å². The highest BCUT2D eigenvalue weighted by atomic mass is 19.4. The Labute approximate surface area is 134 Å². The van der Waals surface area contributed by atoms with Crippen LogP contribution in [0.1, 0.15) is 39.0 Å². The maximum atomic E-state index is 14.4. The first-order valence-electron chi connectivity index (χ1n) is 7.58. The van der Waals surface area contributed by atoms with Crippen LogP contribution in [0, 0.1) is 31.1 Å². The molecule has 0 aromatic heterocycles. The Morgan fingerprint density at radius 3 is 1.83 bits per heavy atom. The lowest BCUT2D eigenvalue weighted by Crippen LogP contribution is -2.67. The Kier molecular flexibility index (Phi) is 6.19. The van der Waals surface area contributed by atoms with Crippen molar-refractivity contribution in [3.63, 3.8) is 0 Å². The molecular formula is C15H19F9. The van der Waals surface area contributed by atoms with Gasteiger partial charge >= 0.3 is 23.9 Å². The average Bonchev–Trinajstić information content (AvgIpc) is 2.85. The van der Waals surface area contributed by atoms with Crippen molar-refractivity contribution in [2.24, 2.45) is 17.8 Å². The van der Waals surface area contributed by atoms with E-state index in [0.717, 1.165) is 0 Å². The second-order valence-electron chi connectivity index (χ2n) is 6.13. The fourth-order valence-corrected chi connectivity index (χ4v) is 3.36. The van der Waals surface area contributed by atoms with Gasteiger partial charge in [-0.3, -0.25) is 0 Å². The van der Waals surface area contributed by atoms with E-state index in [0.29, 0.717) is 12.8 Å². The summed E-state index contributed by atoms with van der Waals surface area (Å²) in [5.74, 6) is -10.5. The first-order chi connectivity index (χ1) is 10.8. The molecule has 0 heterocycles. The molecule has 0 nitrogen and oxygen atoms in total. The molecule has 9 heteroatoms. The predicted molar refractivity (Wildman–Crippen MR) is 69.8 cm³/mol. The van der Waals surface area contributed by atoms with Gasteiger partial charge in [-0.15, -0.1) is 0 Å². The monoisotopic (exact) mass is 370 g/mol. The minimum Gasteiger partial charge on any atom is -0.217 e. The highest BCUT2D eigenvalue weighted by Gasteiger charge is 2.86. The molecule has 1 fully saturated rings. The SMILES string of the molecule is [CH2]CC1C[CH]C(CCCC)C1C(F)(F)C(F)(C(F)(F)F)C(F)(F)F. The number of unbranched alkanes of at least 4 members (excludes halogenated alkanes) is 1. The summed E-state index contributed by atoms with van der Waals surface area (Å²) in [5, 5.41) is 0. The summed E-state index contributed by atoms with van der Waals surface area (Å²) in [4.78, 5) is 0. The Hall–Kier alpha value is -0.630. The van der Waals surface area contributed by atoms with Gasteiger partial charge in [0.15, 0.2) is 0 Å². The van der Waals surface area contributed by atoms with E-state index in [1.165, 1.54) is 6.42 Å². The molecule has 142 valence electrons. The molecule has 0 aromatic rings. The molecule has 0 saturated heterocycles. The normalized spacial score (nSPS) is 26.9. The third-order valence-corrected chi connectivity index (χ3v) is 4.63. The maximum absolute atomic E-state index is 14.4.